The van der Waals surface area contributed by atoms with Gasteiger partial charge in [0.15, 0.2) is 0 Å². The number of likely N-dealkylation sites (tertiary alicyclic amines) is 1. The number of carbonyl (C=O) groups excluding carboxylic acids is 2. The Bertz CT molecular complexity index is 1070. The monoisotopic (exact) mass is 511 g/mol. The number of carbonyl (C=O) groups is 3. The molecule has 4 rings (SSSR count). The Morgan fingerprint density at radius 2 is 1.92 bits per heavy atom. The van der Waals surface area contributed by atoms with E-state index in [1.165, 1.54) is 11.9 Å². The first-order valence-electron chi connectivity index (χ1n) is 12.0. The molecule has 4 amide bonds. The van der Waals surface area contributed by atoms with Gasteiger partial charge in [-0.3, -0.25) is 9.78 Å². The molecule has 9 nitrogen and oxygen atoms in total. The van der Waals surface area contributed by atoms with E-state index in [9.17, 15) is 32.7 Å². The van der Waals surface area contributed by atoms with Gasteiger partial charge in [0.1, 0.15) is 0 Å². The number of urea groups is 1. The zero-order valence-corrected chi connectivity index (χ0v) is 20.9. The Balaban J connectivity index is 1.65. The predicted octanol–water partition coefficient (Wildman–Crippen LogP) is 3.18. The van der Waals surface area contributed by atoms with Gasteiger partial charge in [-0.25, -0.2) is 9.59 Å². The van der Waals surface area contributed by atoms with Crippen LogP contribution in [0.15, 0.2) is 12.3 Å². The first-order valence-corrected chi connectivity index (χ1v) is 12.0. The van der Waals surface area contributed by atoms with Crippen molar-refractivity contribution in [3.63, 3.8) is 0 Å². The molecule has 0 spiro atoms. The average Bonchev–Trinajstić information content (AvgIpc) is 3.30. The summed E-state index contributed by atoms with van der Waals surface area (Å²) in [4.78, 5) is 47.2. The molecular formula is C24H32F3N5O4. The van der Waals surface area contributed by atoms with E-state index in [0.717, 1.165) is 12.3 Å². The third kappa shape index (κ3) is 4.45. The van der Waals surface area contributed by atoms with Gasteiger partial charge in [-0.15, -0.1) is 0 Å². The zero-order valence-electron chi connectivity index (χ0n) is 20.9. The van der Waals surface area contributed by atoms with Crippen molar-refractivity contribution in [3.8, 4) is 0 Å². The molecule has 0 radical (unpaired) electrons. The van der Waals surface area contributed by atoms with Crippen molar-refractivity contribution in [1.82, 2.24) is 25.0 Å². The van der Waals surface area contributed by atoms with Gasteiger partial charge in [0, 0.05) is 63.1 Å². The minimum Gasteiger partial charge on any atom is -0.465 e. The topological polar surface area (TPSA) is 106 Å². The van der Waals surface area contributed by atoms with E-state index in [-0.39, 0.29) is 37.4 Å². The smallest absolute Gasteiger partial charge is 0.417 e. The number of hydrogen-bond acceptors (Lipinski definition) is 4. The summed E-state index contributed by atoms with van der Waals surface area (Å²) in [6.07, 6.45) is -3.80. The van der Waals surface area contributed by atoms with Gasteiger partial charge in [-0.2, -0.15) is 13.2 Å². The summed E-state index contributed by atoms with van der Waals surface area (Å²) in [5, 5.41) is 12.5. The van der Waals surface area contributed by atoms with Crippen LogP contribution in [-0.4, -0.2) is 81.1 Å². The second-order valence-corrected chi connectivity index (χ2v) is 11.0. The predicted molar refractivity (Wildman–Crippen MR) is 123 cm³/mol. The first kappa shape index (κ1) is 26.0. The SMILES string of the molecule is CNC(=O)N1C[C@@H]2C[C@@H](N(C(=O)O)C(C)(C)C)C[C@]2(C(=O)N2CCc3ncc(C(F)(F)F)cc3C2)C1. The standard InChI is InChI=1S/C24H32F3N5O4/c1-22(2,3)32(21(35)36)17-8-16-12-31(20(34)28-4)13-23(16,9-17)19(33)30-6-5-18-14(11-30)7-15(10-29-18)24(25,26)27/h7,10,16-17H,5-6,8-9,11-13H2,1-4H3,(H,28,34)(H,35,36)/t16-,17+,23-/m0/s1. The second-order valence-electron chi connectivity index (χ2n) is 11.0. The molecule has 0 aromatic carbocycles. The van der Waals surface area contributed by atoms with E-state index in [1.54, 1.807) is 30.6 Å². The molecule has 36 heavy (non-hydrogen) atoms. The molecule has 1 saturated carbocycles. The quantitative estimate of drug-likeness (QED) is 0.635. The van der Waals surface area contributed by atoms with E-state index < -0.39 is 34.8 Å². The lowest BCUT2D eigenvalue weighted by Gasteiger charge is -2.40. The Labute approximate surface area is 207 Å². The highest BCUT2D eigenvalue weighted by Gasteiger charge is 2.61. The van der Waals surface area contributed by atoms with Crippen LogP contribution in [0.5, 0.6) is 0 Å². The lowest BCUT2D eigenvalue weighted by atomic mass is 9.78. The van der Waals surface area contributed by atoms with Gasteiger partial charge < -0.3 is 25.1 Å². The number of hydrogen-bond donors (Lipinski definition) is 2. The molecule has 3 atom stereocenters. The second kappa shape index (κ2) is 8.81. The fourth-order valence-corrected chi connectivity index (χ4v) is 6.24. The molecule has 1 aromatic heterocycles. The molecule has 1 saturated heterocycles. The van der Waals surface area contributed by atoms with Gasteiger partial charge in [-0.05, 0) is 51.2 Å². The van der Waals surface area contributed by atoms with Crippen LogP contribution in [-0.2, 0) is 23.9 Å². The van der Waals surface area contributed by atoms with E-state index in [0.29, 0.717) is 37.2 Å². The van der Waals surface area contributed by atoms with Crippen molar-refractivity contribution in [3.05, 3.63) is 29.1 Å². The van der Waals surface area contributed by atoms with E-state index in [4.69, 9.17) is 0 Å². The molecule has 1 aliphatic carbocycles. The molecule has 3 heterocycles. The molecule has 2 N–H and O–H groups in total. The molecule has 2 fully saturated rings. The lowest BCUT2D eigenvalue weighted by Crippen LogP contribution is -2.53. The average molecular weight is 512 g/mol. The third-order valence-electron chi connectivity index (χ3n) is 7.73. The maximum atomic E-state index is 14.1. The Hall–Kier alpha value is -3.05. The molecule has 12 heteroatoms. The number of aromatic nitrogens is 1. The van der Waals surface area contributed by atoms with Crippen molar-refractivity contribution in [2.24, 2.45) is 11.3 Å². The summed E-state index contributed by atoms with van der Waals surface area (Å²) < 4.78 is 39.8. The molecule has 1 aromatic rings. The first-order chi connectivity index (χ1) is 16.7. The Morgan fingerprint density at radius 3 is 2.50 bits per heavy atom. The Morgan fingerprint density at radius 1 is 1.22 bits per heavy atom. The summed E-state index contributed by atoms with van der Waals surface area (Å²) in [6.45, 7) is 6.13. The van der Waals surface area contributed by atoms with Crippen LogP contribution in [0.1, 0.15) is 50.4 Å². The van der Waals surface area contributed by atoms with Crippen LogP contribution in [0.3, 0.4) is 0 Å². The van der Waals surface area contributed by atoms with Crippen molar-refractivity contribution < 1.29 is 32.7 Å². The van der Waals surface area contributed by atoms with Crippen molar-refractivity contribution >= 4 is 18.0 Å². The summed E-state index contributed by atoms with van der Waals surface area (Å²) in [7, 11) is 1.51. The number of alkyl halides is 3. The van der Waals surface area contributed by atoms with Gasteiger partial charge in [-0.1, -0.05) is 0 Å². The summed E-state index contributed by atoms with van der Waals surface area (Å²) in [5.41, 5.74) is -1.67. The molecule has 0 unspecified atom stereocenters. The third-order valence-corrected chi connectivity index (χ3v) is 7.73. The maximum Gasteiger partial charge on any atom is 0.417 e. The van der Waals surface area contributed by atoms with Crippen molar-refractivity contribution in [2.75, 3.05) is 26.7 Å². The number of carboxylic acid groups (broad SMARTS) is 1. The largest absolute Gasteiger partial charge is 0.465 e. The van der Waals surface area contributed by atoms with Gasteiger partial charge in [0.2, 0.25) is 5.91 Å². The highest BCUT2D eigenvalue weighted by atomic mass is 19.4. The fraction of sp³-hybridized carbons (Fsp3) is 0.667. The zero-order chi connectivity index (χ0) is 26.6. The number of nitrogens with zero attached hydrogens (tertiary/aromatic N) is 4. The summed E-state index contributed by atoms with van der Waals surface area (Å²) in [5.74, 6) is -0.513. The normalized spacial score (nSPS) is 25.9. The fourth-order valence-electron chi connectivity index (χ4n) is 6.24. The van der Waals surface area contributed by atoms with Crippen LogP contribution >= 0.6 is 0 Å². The maximum absolute atomic E-state index is 14.1. The van der Waals surface area contributed by atoms with E-state index in [2.05, 4.69) is 10.3 Å². The number of amides is 4. The molecule has 3 aliphatic rings. The Kier molecular flexibility index (Phi) is 6.37. The van der Waals surface area contributed by atoms with Crippen LogP contribution in [0.4, 0.5) is 22.8 Å². The highest BCUT2D eigenvalue weighted by molar-refractivity contribution is 5.86. The van der Waals surface area contributed by atoms with Gasteiger partial charge in [0.05, 0.1) is 11.0 Å². The van der Waals surface area contributed by atoms with E-state index >= 15 is 0 Å². The summed E-state index contributed by atoms with van der Waals surface area (Å²) in [6, 6.07) is 0.312. The van der Waals surface area contributed by atoms with Crippen LogP contribution < -0.4 is 5.32 Å². The summed E-state index contributed by atoms with van der Waals surface area (Å²) >= 11 is 0. The van der Waals surface area contributed by atoms with Crippen LogP contribution in [0, 0.1) is 11.3 Å². The molecule has 0 bridgehead atoms. The van der Waals surface area contributed by atoms with Crippen molar-refractivity contribution in [2.45, 2.75) is 64.3 Å². The molecule has 2 aliphatic heterocycles. The highest BCUT2D eigenvalue weighted by Crippen LogP contribution is 2.52. The number of pyridine rings is 1. The lowest BCUT2D eigenvalue weighted by molar-refractivity contribution is -0.144. The van der Waals surface area contributed by atoms with Crippen LogP contribution in [0.2, 0.25) is 0 Å². The van der Waals surface area contributed by atoms with Gasteiger partial charge in [0.25, 0.3) is 0 Å². The minimum atomic E-state index is -4.54. The van der Waals surface area contributed by atoms with E-state index in [1.807, 2.05) is 0 Å². The molecular weight excluding hydrogens is 479 g/mol. The van der Waals surface area contributed by atoms with Crippen molar-refractivity contribution in [1.29, 1.82) is 0 Å². The van der Waals surface area contributed by atoms with Gasteiger partial charge >= 0.3 is 18.3 Å². The molecule has 198 valence electrons. The van der Waals surface area contributed by atoms with Crippen LogP contribution in [0.25, 0.3) is 0 Å². The number of nitrogens with one attached hydrogen (secondary N) is 1. The number of halogens is 3. The number of rotatable bonds is 2. The number of fused-ring (bicyclic) bond motifs is 2. The minimum absolute atomic E-state index is 0.00782.